The van der Waals surface area contributed by atoms with E-state index in [9.17, 15) is 0 Å². The van der Waals surface area contributed by atoms with Crippen LogP contribution in [0.4, 0.5) is 0 Å². The van der Waals surface area contributed by atoms with Crippen LogP contribution in [0.2, 0.25) is 0 Å². The summed E-state index contributed by atoms with van der Waals surface area (Å²) < 4.78 is 5.68. The zero-order chi connectivity index (χ0) is 11.3. The van der Waals surface area contributed by atoms with Crippen molar-refractivity contribution >= 4 is 11.3 Å². The average molecular weight is 240 g/mol. The van der Waals surface area contributed by atoms with Gasteiger partial charge in [0, 0.05) is 29.6 Å². The summed E-state index contributed by atoms with van der Waals surface area (Å²) in [5.41, 5.74) is 2.21. The SMILES string of the molecule is CCNCC1(Cc2cncs2)CCCOC1. The van der Waals surface area contributed by atoms with Crippen LogP contribution in [0.5, 0.6) is 0 Å². The van der Waals surface area contributed by atoms with E-state index in [0.29, 0.717) is 5.41 Å². The molecular formula is C12H20N2OS. The Morgan fingerprint density at radius 2 is 2.56 bits per heavy atom. The Labute approximate surface area is 101 Å². The second-order valence-electron chi connectivity index (χ2n) is 4.58. The zero-order valence-corrected chi connectivity index (χ0v) is 10.7. The first kappa shape index (κ1) is 12.0. The monoisotopic (exact) mass is 240 g/mol. The lowest BCUT2D eigenvalue weighted by Crippen LogP contribution is -2.42. The smallest absolute Gasteiger partial charge is 0.0794 e. The molecule has 0 aromatic carbocycles. The van der Waals surface area contributed by atoms with E-state index in [4.69, 9.17) is 4.74 Å². The first-order valence-electron chi connectivity index (χ1n) is 6.00. The van der Waals surface area contributed by atoms with Gasteiger partial charge in [0.05, 0.1) is 12.1 Å². The third-order valence-electron chi connectivity index (χ3n) is 3.19. The molecule has 4 heteroatoms. The lowest BCUT2D eigenvalue weighted by molar-refractivity contribution is -0.00651. The maximum absolute atomic E-state index is 5.68. The molecule has 1 aromatic heterocycles. The molecule has 90 valence electrons. The first-order chi connectivity index (χ1) is 7.85. The Morgan fingerprint density at radius 1 is 1.62 bits per heavy atom. The van der Waals surface area contributed by atoms with Gasteiger partial charge in [-0.25, -0.2) is 0 Å². The molecule has 1 fully saturated rings. The van der Waals surface area contributed by atoms with E-state index >= 15 is 0 Å². The number of thiazole rings is 1. The number of nitrogens with one attached hydrogen (secondary N) is 1. The van der Waals surface area contributed by atoms with Crippen molar-refractivity contribution in [2.24, 2.45) is 5.41 Å². The molecule has 1 N–H and O–H groups in total. The van der Waals surface area contributed by atoms with E-state index in [1.54, 1.807) is 11.3 Å². The number of hydrogen-bond donors (Lipinski definition) is 1. The highest BCUT2D eigenvalue weighted by Gasteiger charge is 2.33. The second-order valence-corrected chi connectivity index (χ2v) is 5.55. The van der Waals surface area contributed by atoms with Crippen molar-refractivity contribution in [3.63, 3.8) is 0 Å². The standard InChI is InChI=1S/C12H20N2OS/c1-2-13-8-12(4-3-5-15-9-12)6-11-7-14-10-16-11/h7,10,13H,2-6,8-9H2,1H3. The molecule has 1 unspecified atom stereocenters. The fourth-order valence-corrected chi connectivity index (χ4v) is 3.11. The van der Waals surface area contributed by atoms with Crippen molar-refractivity contribution in [2.75, 3.05) is 26.3 Å². The highest BCUT2D eigenvalue weighted by molar-refractivity contribution is 7.09. The molecule has 16 heavy (non-hydrogen) atoms. The van der Waals surface area contributed by atoms with Gasteiger partial charge in [-0.05, 0) is 25.8 Å². The van der Waals surface area contributed by atoms with Gasteiger partial charge < -0.3 is 10.1 Å². The Hall–Kier alpha value is -0.450. The van der Waals surface area contributed by atoms with Crippen molar-refractivity contribution in [1.29, 1.82) is 0 Å². The molecule has 2 rings (SSSR count). The number of hydrogen-bond acceptors (Lipinski definition) is 4. The minimum atomic E-state index is 0.292. The lowest BCUT2D eigenvalue weighted by atomic mass is 9.79. The van der Waals surface area contributed by atoms with Crippen LogP contribution < -0.4 is 5.32 Å². The van der Waals surface area contributed by atoms with E-state index in [2.05, 4.69) is 17.2 Å². The van der Waals surface area contributed by atoms with Gasteiger partial charge in [-0.3, -0.25) is 4.98 Å². The summed E-state index contributed by atoms with van der Waals surface area (Å²) in [6.07, 6.45) is 5.54. The topological polar surface area (TPSA) is 34.2 Å². The summed E-state index contributed by atoms with van der Waals surface area (Å²) >= 11 is 1.75. The van der Waals surface area contributed by atoms with Crippen LogP contribution in [0.15, 0.2) is 11.7 Å². The van der Waals surface area contributed by atoms with Crippen LogP contribution in [0.3, 0.4) is 0 Å². The normalized spacial score (nSPS) is 25.8. The van der Waals surface area contributed by atoms with Gasteiger partial charge in [0.2, 0.25) is 0 Å². The fourth-order valence-electron chi connectivity index (χ4n) is 2.34. The van der Waals surface area contributed by atoms with Gasteiger partial charge in [-0.2, -0.15) is 0 Å². The highest BCUT2D eigenvalue weighted by atomic mass is 32.1. The first-order valence-corrected chi connectivity index (χ1v) is 6.88. The summed E-state index contributed by atoms with van der Waals surface area (Å²) in [5.74, 6) is 0. The van der Waals surface area contributed by atoms with Gasteiger partial charge in [0.15, 0.2) is 0 Å². The maximum atomic E-state index is 5.68. The Balaban J connectivity index is 2.01. The van der Waals surface area contributed by atoms with Crippen LogP contribution in [0.1, 0.15) is 24.6 Å². The van der Waals surface area contributed by atoms with Crippen LogP contribution >= 0.6 is 11.3 Å². The quantitative estimate of drug-likeness (QED) is 0.856. The predicted octanol–water partition coefficient (Wildman–Crippen LogP) is 2.09. The molecule has 1 aliphatic rings. The highest BCUT2D eigenvalue weighted by Crippen LogP contribution is 2.32. The number of nitrogens with zero attached hydrogens (tertiary/aromatic N) is 1. The minimum Gasteiger partial charge on any atom is -0.381 e. The molecule has 2 heterocycles. The molecule has 1 aromatic rings. The second kappa shape index (κ2) is 5.75. The van der Waals surface area contributed by atoms with Gasteiger partial charge in [0.25, 0.3) is 0 Å². The molecule has 0 saturated carbocycles. The van der Waals surface area contributed by atoms with Gasteiger partial charge >= 0.3 is 0 Å². The molecule has 0 radical (unpaired) electrons. The molecule has 0 amide bonds. The molecule has 1 saturated heterocycles. The Bertz CT molecular complexity index is 294. The summed E-state index contributed by atoms with van der Waals surface area (Å²) in [4.78, 5) is 5.53. The van der Waals surface area contributed by atoms with E-state index in [1.165, 1.54) is 17.7 Å². The van der Waals surface area contributed by atoms with Crippen LogP contribution in [-0.4, -0.2) is 31.3 Å². The van der Waals surface area contributed by atoms with Crippen molar-refractivity contribution in [1.82, 2.24) is 10.3 Å². The van der Waals surface area contributed by atoms with E-state index in [1.807, 2.05) is 11.7 Å². The summed E-state index contributed by atoms with van der Waals surface area (Å²) in [5, 5.41) is 3.48. The summed E-state index contributed by atoms with van der Waals surface area (Å²) in [7, 11) is 0. The largest absolute Gasteiger partial charge is 0.381 e. The van der Waals surface area contributed by atoms with Gasteiger partial charge in [-0.15, -0.1) is 11.3 Å². The summed E-state index contributed by atoms with van der Waals surface area (Å²) in [6.45, 7) is 6.06. The molecule has 3 nitrogen and oxygen atoms in total. The van der Waals surface area contributed by atoms with E-state index in [-0.39, 0.29) is 0 Å². The van der Waals surface area contributed by atoms with Crippen molar-refractivity contribution < 1.29 is 4.74 Å². The Morgan fingerprint density at radius 3 is 3.19 bits per heavy atom. The predicted molar refractivity (Wildman–Crippen MR) is 66.8 cm³/mol. The third kappa shape index (κ3) is 3.03. The minimum absolute atomic E-state index is 0.292. The zero-order valence-electron chi connectivity index (χ0n) is 9.87. The molecular weight excluding hydrogens is 220 g/mol. The van der Waals surface area contributed by atoms with Crippen LogP contribution in [0, 0.1) is 5.41 Å². The lowest BCUT2D eigenvalue weighted by Gasteiger charge is -2.37. The Kier molecular flexibility index (Phi) is 4.32. The van der Waals surface area contributed by atoms with Gasteiger partial charge in [-0.1, -0.05) is 6.92 Å². The summed E-state index contributed by atoms with van der Waals surface area (Å²) in [6, 6.07) is 0. The fraction of sp³-hybridized carbons (Fsp3) is 0.750. The van der Waals surface area contributed by atoms with Gasteiger partial charge in [0.1, 0.15) is 0 Å². The van der Waals surface area contributed by atoms with Crippen molar-refractivity contribution in [3.8, 4) is 0 Å². The van der Waals surface area contributed by atoms with Crippen LogP contribution in [-0.2, 0) is 11.2 Å². The van der Waals surface area contributed by atoms with Crippen molar-refractivity contribution in [3.05, 3.63) is 16.6 Å². The van der Waals surface area contributed by atoms with Crippen LogP contribution in [0.25, 0.3) is 0 Å². The van der Waals surface area contributed by atoms with E-state index in [0.717, 1.165) is 32.7 Å². The molecule has 1 aliphatic heterocycles. The maximum Gasteiger partial charge on any atom is 0.0794 e. The molecule has 0 aliphatic carbocycles. The molecule has 0 bridgehead atoms. The molecule has 1 atom stereocenters. The molecule has 0 spiro atoms. The average Bonchev–Trinajstić information content (AvgIpc) is 2.80. The number of ether oxygens (including phenoxy) is 1. The van der Waals surface area contributed by atoms with E-state index < -0.39 is 0 Å². The number of aromatic nitrogens is 1. The van der Waals surface area contributed by atoms with Crippen molar-refractivity contribution in [2.45, 2.75) is 26.2 Å². The third-order valence-corrected chi connectivity index (χ3v) is 3.97. The number of rotatable bonds is 5.